The molecule has 120 valence electrons. The Kier molecular flexibility index (Phi) is 5.22. The maximum absolute atomic E-state index is 12.7. The quantitative estimate of drug-likeness (QED) is 0.893. The van der Waals surface area contributed by atoms with E-state index in [1.807, 2.05) is 51.1 Å². The summed E-state index contributed by atoms with van der Waals surface area (Å²) in [5.74, 6) is 0.0141. The third-order valence-corrected chi connectivity index (χ3v) is 4.10. The van der Waals surface area contributed by atoms with Crippen LogP contribution in [-0.2, 0) is 4.79 Å². The van der Waals surface area contributed by atoms with Crippen LogP contribution in [-0.4, -0.2) is 17.9 Å². The summed E-state index contributed by atoms with van der Waals surface area (Å²) in [7, 11) is 0. The molecule has 0 aromatic heterocycles. The second kappa shape index (κ2) is 6.95. The van der Waals surface area contributed by atoms with Crippen molar-refractivity contribution in [2.75, 3.05) is 0 Å². The summed E-state index contributed by atoms with van der Waals surface area (Å²) in [5, 5.41) is 5.85. The third-order valence-electron chi connectivity index (χ3n) is 4.10. The van der Waals surface area contributed by atoms with E-state index in [9.17, 15) is 9.59 Å². The minimum absolute atomic E-state index is 0.0141. The molecule has 0 spiro atoms. The van der Waals surface area contributed by atoms with Crippen LogP contribution in [0.15, 0.2) is 30.3 Å². The molecule has 1 aliphatic carbocycles. The van der Waals surface area contributed by atoms with Crippen molar-refractivity contribution >= 4 is 11.8 Å². The molecule has 0 heterocycles. The van der Waals surface area contributed by atoms with Crippen LogP contribution < -0.4 is 10.6 Å². The topological polar surface area (TPSA) is 58.2 Å². The Bertz CT molecular complexity index is 514. The number of carbonyl (C=O) groups excluding carboxylic acids is 2. The fourth-order valence-corrected chi connectivity index (χ4v) is 2.81. The molecule has 0 radical (unpaired) electrons. The number of hydrogen-bond donors (Lipinski definition) is 2. The lowest BCUT2D eigenvalue weighted by Crippen LogP contribution is -2.46. The summed E-state index contributed by atoms with van der Waals surface area (Å²) in [5.41, 5.74) is 0.310. The molecule has 1 fully saturated rings. The van der Waals surface area contributed by atoms with Crippen LogP contribution >= 0.6 is 0 Å². The number of carbonyl (C=O) groups is 2. The van der Waals surface area contributed by atoms with Gasteiger partial charge in [-0.25, -0.2) is 4.79 Å². The summed E-state index contributed by atoms with van der Waals surface area (Å²) in [6.07, 6.45) is 4.37. The van der Waals surface area contributed by atoms with Gasteiger partial charge in [0.15, 0.2) is 5.78 Å². The van der Waals surface area contributed by atoms with E-state index in [0.717, 1.165) is 31.2 Å². The van der Waals surface area contributed by atoms with E-state index in [1.54, 1.807) is 0 Å². The molecule has 0 aliphatic heterocycles. The van der Waals surface area contributed by atoms with Gasteiger partial charge in [0.25, 0.3) is 0 Å². The van der Waals surface area contributed by atoms with E-state index in [1.165, 1.54) is 0 Å². The van der Waals surface area contributed by atoms with E-state index in [4.69, 9.17) is 0 Å². The van der Waals surface area contributed by atoms with Gasteiger partial charge in [0.05, 0.1) is 0 Å². The Morgan fingerprint density at radius 3 is 2.23 bits per heavy atom. The van der Waals surface area contributed by atoms with Crippen molar-refractivity contribution in [2.45, 2.75) is 58.5 Å². The van der Waals surface area contributed by atoms with Crippen molar-refractivity contribution in [1.82, 2.24) is 10.6 Å². The third kappa shape index (κ3) is 4.33. The van der Waals surface area contributed by atoms with Gasteiger partial charge in [-0.3, -0.25) is 4.79 Å². The second-order valence-electron chi connectivity index (χ2n) is 7.06. The van der Waals surface area contributed by atoms with Crippen LogP contribution in [0.4, 0.5) is 4.79 Å². The molecule has 1 aliphatic rings. The van der Waals surface area contributed by atoms with Gasteiger partial charge in [0.1, 0.15) is 6.04 Å². The van der Waals surface area contributed by atoms with Crippen LogP contribution in [0, 0.1) is 5.41 Å². The molecule has 4 heteroatoms. The Morgan fingerprint density at radius 1 is 1.09 bits per heavy atom. The molecule has 1 atom stereocenters. The highest BCUT2D eigenvalue weighted by atomic mass is 16.2. The fraction of sp³-hybridized carbons (Fsp3) is 0.556. The van der Waals surface area contributed by atoms with Crippen LogP contribution in [0.1, 0.15) is 58.1 Å². The van der Waals surface area contributed by atoms with Gasteiger partial charge in [-0.15, -0.1) is 0 Å². The maximum Gasteiger partial charge on any atom is 0.315 e. The monoisotopic (exact) mass is 302 g/mol. The highest BCUT2D eigenvalue weighted by Gasteiger charge is 2.32. The largest absolute Gasteiger partial charge is 0.335 e. The smallest absolute Gasteiger partial charge is 0.315 e. The fourth-order valence-electron chi connectivity index (χ4n) is 2.81. The SMILES string of the molecule is CC(C)(C)C(=O)C(NC(=O)NC1CCCC1)c1ccccc1. The zero-order valence-corrected chi connectivity index (χ0v) is 13.7. The highest BCUT2D eigenvalue weighted by molar-refractivity contribution is 5.93. The molecule has 2 N–H and O–H groups in total. The van der Waals surface area contributed by atoms with Crippen LogP contribution in [0.2, 0.25) is 0 Å². The Balaban J connectivity index is 2.10. The maximum atomic E-state index is 12.7. The molecule has 22 heavy (non-hydrogen) atoms. The van der Waals surface area contributed by atoms with Crippen LogP contribution in [0.25, 0.3) is 0 Å². The first-order chi connectivity index (χ1) is 10.4. The Morgan fingerprint density at radius 2 is 1.68 bits per heavy atom. The number of nitrogens with one attached hydrogen (secondary N) is 2. The van der Waals surface area contributed by atoms with Gasteiger partial charge in [0.2, 0.25) is 0 Å². The summed E-state index contributed by atoms with van der Waals surface area (Å²) in [6.45, 7) is 5.63. The van der Waals surface area contributed by atoms with E-state index in [2.05, 4.69) is 10.6 Å². The van der Waals surface area contributed by atoms with Gasteiger partial charge < -0.3 is 10.6 Å². The lowest BCUT2D eigenvalue weighted by Gasteiger charge is -2.26. The van der Waals surface area contributed by atoms with E-state index in [-0.39, 0.29) is 17.9 Å². The van der Waals surface area contributed by atoms with Gasteiger partial charge >= 0.3 is 6.03 Å². The molecule has 4 nitrogen and oxygen atoms in total. The van der Waals surface area contributed by atoms with Crippen molar-refractivity contribution in [2.24, 2.45) is 5.41 Å². The zero-order valence-electron chi connectivity index (χ0n) is 13.7. The summed E-state index contributed by atoms with van der Waals surface area (Å²) >= 11 is 0. The number of Topliss-reactive ketones (excluding diaryl/α,β-unsaturated/α-hetero) is 1. The normalized spacial score (nSPS) is 17.0. The van der Waals surface area contributed by atoms with Crippen molar-refractivity contribution in [3.63, 3.8) is 0 Å². The molecule has 2 amide bonds. The first kappa shape index (κ1) is 16.5. The lowest BCUT2D eigenvalue weighted by molar-refractivity contribution is -0.128. The van der Waals surface area contributed by atoms with E-state index >= 15 is 0 Å². The number of rotatable bonds is 4. The number of hydrogen-bond acceptors (Lipinski definition) is 2. The van der Waals surface area contributed by atoms with Crippen LogP contribution in [0.5, 0.6) is 0 Å². The molecule has 1 saturated carbocycles. The van der Waals surface area contributed by atoms with E-state index in [0.29, 0.717) is 0 Å². The molecule has 1 aromatic carbocycles. The molecule has 1 unspecified atom stereocenters. The number of urea groups is 1. The van der Waals surface area contributed by atoms with E-state index < -0.39 is 11.5 Å². The Hall–Kier alpha value is -1.84. The Labute approximate surface area is 132 Å². The number of benzene rings is 1. The van der Waals surface area contributed by atoms with Crippen molar-refractivity contribution in [1.29, 1.82) is 0 Å². The van der Waals surface area contributed by atoms with Crippen molar-refractivity contribution in [3.05, 3.63) is 35.9 Å². The predicted molar refractivity (Wildman–Crippen MR) is 87.6 cm³/mol. The van der Waals surface area contributed by atoms with Gasteiger partial charge in [-0.05, 0) is 18.4 Å². The molecular formula is C18H26N2O2. The standard InChI is InChI=1S/C18H26N2O2/c1-18(2,3)16(21)15(13-9-5-4-6-10-13)20-17(22)19-14-11-7-8-12-14/h4-6,9-10,14-15H,7-8,11-12H2,1-3H3,(H2,19,20,22). The minimum atomic E-state index is -0.609. The molecule has 2 rings (SSSR count). The molecular weight excluding hydrogens is 276 g/mol. The summed E-state index contributed by atoms with van der Waals surface area (Å²) < 4.78 is 0. The molecule has 0 bridgehead atoms. The number of ketones is 1. The molecule has 0 saturated heterocycles. The summed E-state index contributed by atoms with van der Waals surface area (Å²) in [6, 6.07) is 8.81. The van der Waals surface area contributed by atoms with Crippen molar-refractivity contribution < 1.29 is 9.59 Å². The first-order valence-electron chi connectivity index (χ1n) is 8.04. The van der Waals surface area contributed by atoms with Gasteiger partial charge in [-0.1, -0.05) is 63.9 Å². The van der Waals surface area contributed by atoms with Gasteiger partial charge in [-0.2, -0.15) is 0 Å². The first-order valence-corrected chi connectivity index (χ1v) is 8.04. The molecule has 1 aromatic rings. The number of amides is 2. The zero-order chi connectivity index (χ0) is 16.2. The average Bonchev–Trinajstić information content (AvgIpc) is 2.97. The highest BCUT2D eigenvalue weighted by Crippen LogP contribution is 2.26. The predicted octanol–water partition coefficient (Wildman–Crippen LogP) is 3.58. The van der Waals surface area contributed by atoms with Crippen molar-refractivity contribution in [3.8, 4) is 0 Å². The second-order valence-corrected chi connectivity index (χ2v) is 7.06. The average molecular weight is 302 g/mol. The van der Waals surface area contributed by atoms with Gasteiger partial charge in [0, 0.05) is 11.5 Å². The van der Waals surface area contributed by atoms with Crippen LogP contribution in [0.3, 0.4) is 0 Å². The minimum Gasteiger partial charge on any atom is -0.335 e. The summed E-state index contributed by atoms with van der Waals surface area (Å²) in [4.78, 5) is 24.9. The lowest BCUT2D eigenvalue weighted by atomic mass is 9.84.